The van der Waals surface area contributed by atoms with Crippen LogP contribution in [0.15, 0.2) is 120 Å². The summed E-state index contributed by atoms with van der Waals surface area (Å²) in [4.78, 5) is 6.76. The van der Waals surface area contributed by atoms with Crippen molar-refractivity contribution >= 4 is 33.3 Å². The molecule has 0 saturated heterocycles. The van der Waals surface area contributed by atoms with Crippen LogP contribution in [0.1, 0.15) is 49.1 Å². The fourth-order valence-electron chi connectivity index (χ4n) is 6.64. The summed E-state index contributed by atoms with van der Waals surface area (Å²) < 4.78 is 0. The van der Waals surface area contributed by atoms with Crippen LogP contribution in [0.2, 0.25) is 0 Å². The Kier molecular flexibility index (Phi) is 6.20. The van der Waals surface area contributed by atoms with Gasteiger partial charge in [-0.2, -0.15) is 0 Å². The predicted octanol–water partition coefficient (Wildman–Crippen LogP) is 10.1. The Hall–Kier alpha value is -4.69. The molecule has 0 saturated carbocycles. The molecule has 200 valence electrons. The zero-order valence-corrected chi connectivity index (χ0v) is 24.1. The molecule has 3 aliphatic rings. The van der Waals surface area contributed by atoms with Gasteiger partial charge in [-0.3, -0.25) is 4.99 Å². The summed E-state index contributed by atoms with van der Waals surface area (Å²) in [5.41, 5.74) is 13.0. The van der Waals surface area contributed by atoms with E-state index >= 15 is 0 Å². The Labute approximate surface area is 242 Å². The summed E-state index contributed by atoms with van der Waals surface area (Å²) in [5, 5.41) is 5.20. The van der Waals surface area contributed by atoms with Crippen molar-refractivity contribution in [3.05, 3.63) is 137 Å². The highest BCUT2D eigenvalue weighted by atomic mass is 15.1. The van der Waals surface area contributed by atoms with E-state index in [1.54, 1.807) is 0 Å². The molecule has 2 heteroatoms. The molecule has 2 nitrogen and oxygen atoms in total. The van der Waals surface area contributed by atoms with Gasteiger partial charge in [0.25, 0.3) is 0 Å². The molecule has 2 aliphatic heterocycles. The molecule has 0 bridgehead atoms. The quantitative estimate of drug-likeness (QED) is 0.211. The van der Waals surface area contributed by atoms with Gasteiger partial charge < -0.3 is 4.90 Å². The fourth-order valence-corrected chi connectivity index (χ4v) is 6.64. The van der Waals surface area contributed by atoms with E-state index in [1.165, 1.54) is 71.6 Å². The highest BCUT2D eigenvalue weighted by Gasteiger charge is 2.26. The Morgan fingerprint density at radius 3 is 1.85 bits per heavy atom. The van der Waals surface area contributed by atoms with Crippen molar-refractivity contribution in [2.45, 2.75) is 33.2 Å². The summed E-state index contributed by atoms with van der Waals surface area (Å²) in [5.74, 6) is 0. The zero-order valence-electron chi connectivity index (χ0n) is 24.1. The molecule has 41 heavy (non-hydrogen) atoms. The lowest BCUT2D eigenvalue weighted by atomic mass is 9.82. The van der Waals surface area contributed by atoms with E-state index in [9.17, 15) is 0 Å². The third-order valence-corrected chi connectivity index (χ3v) is 8.67. The molecule has 0 radical (unpaired) electrons. The largest absolute Gasteiger partial charge is 0.370 e. The Morgan fingerprint density at radius 1 is 0.732 bits per heavy atom. The second-order valence-corrected chi connectivity index (χ2v) is 10.9. The van der Waals surface area contributed by atoms with E-state index in [0.29, 0.717) is 6.04 Å². The lowest BCUT2D eigenvalue weighted by molar-refractivity contribution is 0.342. The van der Waals surface area contributed by atoms with Crippen molar-refractivity contribution < 1.29 is 0 Å². The monoisotopic (exact) mass is 530 g/mol. The van der Waals surface area contributed by atoms with Crippen LogP contribution < -0.4 is 0 Å². The summed E-state index contributed by atoms with van der Waals surface area (Å²) in [6.07, 6.45) is 12.0. The van der Waals surface area contributed by atoms with Crippen LogP contribution in [0.25, 0.3) is 49.9 Å². The molecular formula is C39H34N2. The minimum Gasteiger partial charge on any atom is -0.370 e. The highest BCUT2D eigenvalue weighted by molar-refractivity contribution is 6.22. The first-order chi connectivity index (χ1) is 20.2. The van der Waals surface area contributed by atoms with Crippen molar-refractivity contribution in [2.24, 2.45) is 4.99 Å². The smallest absolute Gasteiger partial charge is 0.0746 e. The van der Waals surface area contributed by atoms with Crippen LogP contribution in [-0.4, -0.2) is 17.7 Å². The number of benzene rings is 5. The maximum Gasteiger partial charge on any atom is 0.0746 e. The van der Waals surface area contributed by atoms with Gasteiger partial charge in [0, 0.05) is 18.8 Å². The van der Waals surface area contributed by atoms with E-state index in [2.05, 4.69) is 133 Å². The third-order valence-electron chi connectivity index (χ3n) is 8.67. The average Bonchev–Trinajstić information content (AvgIpc) is 3.51. The molecule has 1 atom stereocenters. The van der Waals surface area contributed by atoms with Crippen LogP contribution in [-0.2, 0) is 6.42 Å². The first-order valence-electron chi connectivity index (χ1n) is 14.7. The van der Waals surface area contributed by atoms with E-state index in [-0.39, 0.29) is 0 Å². The first kappa shape index (κ1) is 25.3. The molecule has 1 aliphatic carbocycles. The molecule has 2 heterocycles. The number of aliphatic imine (C=N–C) groups is 1. The van der Waals surface area contributed by atoms with Gasteiger partial charge in [0.05, 0.1) is 11.8 Å². The fraction of sp³-hybridized carbons (Fsp3) is 0.154. The average molecular weight is 531 g/mol. The van der Waals surface area contributed by atoms with E-state index in [0.717, 1.165) is 12.1 Å². The van der Waals surface area contributed by atoms with Gasteiger partial charge in [0.2, 0.25) is 0 Å². The number of rotatable bonds is 4. The predicted molar refractivity (Wildman–Crippen MR) is 176 cm³/mol. The van der Waals surface area contributed by atoms with E-state index in [1.807, 2.05) is 20.0 Å². The second kappa shape index (κ2) is 10.1. The standard InChI is InChI=1S/C37H28N2.C2H6/c1-23-22-38-37(23)25-16-14-24(15-17-25)35-29-8-3-5-10-31(29)36(32-11-6-4-9-30(32)35)33-19-18-28(34-20-21-39(34)2)26-12-7-13-27(26)33;1-2/h3-12,14-22,34H,13H2,1-2H3;1-2H3. The molecular weight excluding hydrogens is 496 g/mol. The lowest BCUT2D eigenvalue weighted by Gasteiger charge is -2.33. The van der Waals surface area contributed by atoms with E-state index in [4.69, 9.17) is 0 Å². The Balaban J connectivity index is 0.00000135. The van der Waals surface area contributed by atoms with Crippen molar-refractivity contribution in [1.82, 2.24) is 4.90 Å². The van der Waals surface area contributed by atoms with Crippen molar-refractivity contribution in [3.63, 3.8) is 0 Å². The van der Waals surface area contributed by atoms with Crippen LogP contribution in [0.4, 0.5) is 0 Å². The molecule has 0 aromatic heterocycles. The first-order valence-corrected chi connectivity index (χ1v) is 14.7. The number of nitrogens with zero attached hydrogens (tertiary/aromatic N) is 2. The third kappa shape index (κ3) is 3.89. The molecule has 0 amide bonds. The summed E-state index contributed by atoms with van der Waals surface area (Å²) >= 11 is 0. The molecule has 5 aromatic rings. The van der Waals surface area contributed by atoms with Crippen LogP contribution in [0, 0.1) is 0 Å². The van der Waals surface area contributed by atoms with Gasteiger partial charge in [-0.05, 0) is 91.7 Å². The Morgan fingerprint density at radius 2 is 1.34 bits per heavy atom. The van der Waals surface area contributed by atoms with Crippen LogP contribution >= 0.6 is 0 Å². The lowest BCUT2D eigenvalue weighted by Crippen LogP contribution is -2.25. The van der Waals surface area contributed by atoms with Crippen LogP contribution in [0.5, 0.6) is 0 Å². The SMILES string of the molecule is CC.CC1=CN=C1c1ccc(-c2c3ccccc3c(-c3ccc(C4C=CN4C)c4c3CC=C4)c3ccccc23)cc1. The summed E-state index contributed by atoms with van der Waals surface area (Å²) in [6, 6.07) is 31.9. The van der Waals surface area contributed by atoms with Gasteiger partial charge >= 0.3 is 0 Å². The summed E-state index contributed by atoms with van der Waals surface area (Å²) in [6.45, 7) is 6.12. The van der Waals surface area contributed by atoms with Crippen LogP contribution in [0.3, 0.4) is 0 Å². The maximum atomic E-state index is 4.47. The molecule has 0 spiro atoms. The van der Waals surface area contributed by atoms with Crippen molar-refractivity contribution in [1.29, 1.82) is 0 Å². The number of hydrogen-bond donors (Lipinski definition) is 0. The summed E-state index contributed by atoms with van der Waals surface area (Å²) in [7, 11) is 2.16. The molecule has 1 unspecified atom stereocenters. The van der Waals surface area contributed by atoms with Gasteiger partial charge in [-0.1, -0.05) is 111 Å². The highest BCUT2D eigenvalue weighted by Crippen LogP contribution is 2.47. The van der Waals surface area contributed by atoms with Gasteiger partial charge in [-0.15, -0.1) is 0 Å². The van der Waals surface area contributed by atoms with Crippen molar-refractivity contribution in [3.8, 4) is 22.3 Å². The number of fused-ring (bicyclic) bond motifs is 3. The number of likely N-dealkylation sites (N-methyl/N-ethyl adjacent to an activating group) is 1. The minimum absolute atomic E-state index is 0.361. The van der Waals surface area contributed by atoms with Gasteiger partial charge in [0.15, 0.2) is 0 Å². The van der Waals surface area contributed by atoms with Gasteiger partial charge in [0.1, 0.15) is 0 Å². The molecule has 5 aromatic carbocycles. The normalized spacial score (nSPS) is 16.5. The number of hydrogen-bond acceptors (Lipinski definition) is 2. The van der Waals surface area contributed by atoms with Gasteiger partial charge in [-0.25, -0.2) is 0 Å². The molecule has 0 N–H and O–H groups in total. The molecule has 8 rings (SSSR count). The zero-order chi connectivity index (χ0) is 28.1. The molecule has 0 fully saturated rings. The van der Waals surface area contributed by atoms with Crippen molar-refractivity contribution in [2.75, 3.05) is 7.05 Å². The topological polar surface area (TPSA) is 15.6 Å². The number of allylic oxidation sites excluding steroid dienone is 2. The Bertz CT molecular complexity index is 1890. The second-order valence-electron chi connectivity index (χ2n) is 10.9. The minimum atomic E-state index is 0.361. The maximum absolute atomic E-state index is 4.47. The van der Waals surface area contributed by atoms with E-state index < -0.39 is 0 Å².